The zero-order chi connectivity index (χ0) is 20.8. The second kappa shape index (κ2) is 9.34. The van der Waals surface area contributed by atoms with Crippen LogP contribution in [-0.2, 0) is 5.75 Å². The SMILES string of the molecule is COc1cc(C(=O)Nc2nnc(CSc3ccccc3)s2)c([N+](=O)[O-])cc1OC. The summed E-state index contributed by atoms with van der Waals surface area (Å²) in [4.78, 5) is 24.4. The molecule has 1 N–H and O–H groups in total. The van der Waals surface area contributed by atoms with Crippen LogP contribution in [0.25, 0.3) is 0 Å². The molecule has 1 amide bonds. The molecule has 9 nitrogen and oxygen atoms in total. The summed E-state index contributed by atoms with van der Waals surface area (Å²) in [6.07, 6.45) is 0. The fourth-order valence-corrected chi connectivity index (χ4v) is 4.03. The topological polar surface area (TPSA) is 116 Å². The molecule has 3 aromatic rings. The molecule has 0 spiro atoms. The minimum atomic E-state index is -0.684. The summed E-state index contributed by atoms with van der Waals surface area (Å²) in [5, 5.41) is 22.9. The predicted molar refractivity (Wildman–Crippen MR) is 110 cm³/mol. The van der Waals surface area contributed by atoms with Crippen molar-refractivity contribution in [1.82, 2.24) is 10.2 Å². The highest BCUT2D eigenvalue weighted by molar-refractivity contribution is 7.98. The number of rotatable bonds is 8. The second-order valence-corrected chi connectivity index (χ2v) is 7.65. The number of nitrogens with zero attached hydrogens (tertiary/aromatic N) is 3. The van der Waals surface area contributed by atoms with E-state index in [4.69, 9.17) is 9.47 Å². The van der Waals surface area contributed by atoms with Crippen LogP contribution >= 0.6 is 23.1 Å². The third kappa shape index (κ3) is 5.00. The Balaban J connectivity index is 1.75. The molecule has 0 fully saturated rings. The third-order valence-corrected chi connectivity index (χ3v) is 5.78. The summed E-state index contributed by atoms with van der Waals surface area (Å²) in [5.41, 5.74) is -0.562. The van der Waals surface area contributed by atoms with Gasteiger partial charge in [0.2, 0.25) is 5.13 Å². The van der Waals surface area contributed by atoms with Gasteiger partial charge >= 0.3 is 0 Å². The number of thioether (sulfide) groups is 1. The van der Waals surface area contributed by atoms with Crippen molar-refractivity contribution >= 4 is 39.8 Å². The Morgan fingerprint density at radius 3 is 2.52 bits per heavy atom. The summed E-state index contributed by atoms with van der Waals surface area (Å²) >= 11 is 2.80. The van der Waals surface area contributed by atoms with Crippen molar-refractivity contribution in [2.45, 2.75) is 10.6 Å². The molecule has 0 radical (unpaired) electrons. The monoisotopic (exact) mass is 432 g/mol. The van der Waals surface area contributed by atoms with E-state index < -0.39 is 16.5 Å². The molecule has 1 aromatic heterocycles. The standard InChI is InChI=1S/C18H16N4O5S2/c1-26-14-8-12(13(22(24)25)9-15(14)27-2)17(23)19-18-21-20-16(29-18)10-28-11-6-4-3-5-7-11/h3-9H,10H2,1-2H3,(H,19,21,23). The minimum Gasteiger partial charge on any atom is -0.493 e. The van der Waals surface area contributed by atoms with Crippen LogP contribution in [0, 0.1) is 10.1 Å². The Morgan fingerprint density at radius 1 is 1.17 bits per heavy atom. The average molecular weight is 432 g/mol. The maximum absolute atomic E-state index is 12.6. The van der Waals surface area contributed by atoms with E-state index in [0.717, 1.165) is 16.0 Å². The van der Waals surface area contributed by atoms with E-state index >= 15 is 0 Å². The first-order valence-electron chi connectivity index (χ1n) is 8.23. The number of carbonyl (C=O) groups excluding carboxylic acids is 1. The summed E-state index contributed by atoms with van der Waals surface area (Å²) in [6.45, 7) is 0. The van der Waals surface area contributed by atoms with Gasteiger partial charge in [0.1, 0.15) is 10.6 Å². The zero-order valence-electron chi connectivity index (χ0n) is 15.4. The van der Waals surface area contributed by atoms with Crippen LogP contribution in [0.1, 0.15) is 15.4 Å². The van der Waals surface area contributed by atoms with Gasteiger partial charge in [0, 0.05) is 11.0 Å². The fourth-order valence-electron chi connectivity index (χ4n) is 2.39. The van der Waals surface area contributed by atoms with Crippen LogP contribution in [0.3, 0.4) is 0 Å². The van der Waals surface area contributed by atoms with Crippen molar-refractivity contribution in [3.63, 3.8) is 0 Å². The lowest BCUT2D eigenvalue weighted by atomic mass is 10.1. The smallest absolute Gasteiger partial charge is 0.286 e. The van der Waals surface area contributed by atoms with Crippen LogP contribution < -0.4 is 14.8 Å². The number of anilines is 1. The number of ether oxygens (including phenoxy) is 2. The van der Waals surface area contributed by atoms with E-state index in [0.29, 0.717) is 5.75 Å². The van der Waals surface area contributed by atoms with Gasteiger partial charge in [0.25, 0.3) is 11.6 Å². The Kier molecular flexibility index (Phi) is 6.62. The molecule has 0 saturated carbocycles. The number of nitro groups is 1. The van der Waals surface area contributed by atoms with Gasteiger partial charge in [-0.2, -0.15) is 0 Å². The number of hydrogen-bond acceptors (Lipinski definition) is 9. The Morgan fingerprint density at radius 2 is 1.86 bits per heavy atom. The van der Waals surface area contributed by atoms with Crippen molar-refractivity contribution < 1.29 is 19.2 Å². The quantitative estimate of drug-likeness (QED) is 0.322. The fraction of sp³-hybridized carbons (Fsp3) is 0.167. The molecule has 3 rings (SSSR count). The van der Waals surface area contributed by atoms with E-state index in [1.807, 2.05) is 30.3 Å². The van der Waals surface area contributed by atoms with Crippen LogP contribution in [0.5, 0.6) is 11.5 Å². The van der Waals surface area contributed by atoms with E-state index in [2.05, 4.69) is 15.5 Å². The number of nitrogens with one attached hydrogen (secondary N) is 1. The van der Waals surface area contributed by atoms with Gasteiger partial charge in [-0.05, 0) is 12.1 Å². The lowest BCUT2D eigenvalue weighted by Gasteiger charge is -2.10. The minimum absolute atomic E-state index is 0.159. The van der Waals surface area contributed by atoms with E-state index in [-0.39, 0.29) is 22.2 Å². The zero-order valence-corrected chi connectivity index (χ0v) is 17.1. The van der Waals surface area contributed by atoms with Crippen molar-refractivity contribution in [2.24, 2.45) is 0 Å². The highest BCUT2D eigenvalue weighted by Gasteiger charge is 2.25. The molecule has 1 heterocycles. The largest absolute Gasteiger partial charge is 0.493 e. The van der Waals surface area contributed by atoms with Crippen LogP contribution in [0.4, 0.5) is 10.8 Å². The molecule has 0 aliphatic carbocycles. The molecule has 0 saturated heterocycles. The maximum Gasteiger partial charge on any atom is 0.286 e. The number of hydrogen-bond donors (Lipinski definition) is 1. The molecule has 0 unspecified atom stereocenters. The number of methoxy groups -OCH3 is 2. The van der Waals surface area contributed by atoms with Crippen LogP contribution in [0.15, 0.2) is 47.4 Å². The Bertz CT molecular complexity index is 1030. The molecule has 0 atom stereocenters. The highest BCUT2D eigenvalue weighted by atomic mass is 32.2. The van der Waals surface area contributed by atoms with Gasteiger partial charge in [-0.3, -0.25) is 20.2 Å². The molecule has 0 aliphatic rings. The molecule has 150 valence electrons. The first kappa shape index (κ1) is 20.6. The lowest BCUT2D eigenvalue weighted by Crippen LogP contribution is -2.14. The van der Waals surface area contributed by atoms with Crippen molar-refractivity contribution in [1.29, 1.82) is 0 Å². The third-order valence-electron chi connectivity index (χ3n) is 3.74. The average Bonchev–Trinajstić information content (AvgIpc) is 3.19. The number of aromatic nitrogens is 2. The normalized spacial score (nSPS) is 10.4. The molecule has 11 heteroatoms. The van der Waals surface area contributed by atoms with Gasteiger partial charge in [-0.15, -0.1) is 22.0 Å². The molecule has 2 aromatic carbocycles. The predicted octanol–water partition coefficient (Wildman–Crippen LogP) is 4.01. The van der Waals surface area contributed by atoms with Gasteiger partial charge < -0.3 is 9.47 Å². The second-order valence-electron chi connectivity index (χ2n) is 5.54. The van der Waals surface area contributed by atoms with Gasteiger partial charge in [-0.25, -0.2) is 0 Å². The Labute approximate surface area is 174 Å². The molecular weight excluding hydrogens is 416 g/mol. The first-order chi connectivity index (χ1) is 14.0. The summed E-state index contributed by atoms with van der Waals surface area (Å²) in [5.74, 6) is 0.275. The van der Waals surface area contributed by atoms with Crippen LogP contribution in [0.2, 0.25) is 0 Å². The first-order valence-corrected chi connectivity index (χ1v) is 10.0. The van der Waals surface area contributed by atoms with Crippen molar-refractivity contribution in [3.8, 4) is 11.5 Å². The number of carbonyl (C=O) groups is 1. The van der Waals surface area contributed by atoms with Gasteiger partial charge in [-0.1, -0.05) is 29.5 Å². The molecule has 0 bridgehead atoms. The summed E-state index contributed by atoms with van der Waals surface area (Å²) in [7, 11) is 2.74. The van der Waals surface area contributed by atoms with E-state index in [1.54, 1.807) is 11.8 Å². The molecular formula is C18H16N4O5S2. The molecule has 0 aliphatic heterocycles. The maximum atomic E-state index is 12.6. The van der Waals surface area contributed by atoms with E-state index in [1.165, 1.54) is 31.6 Å². The van der Waals surface area contributed by atoms with Gasteiger partial charge in [0.05, 0.1) is 31.0 Å². The van der Waals surface area contributed by atoms with Crippen molar-refractivity contribution in [3.05, 3.63) is 63.1 Å². The Hall–Kier alpha value is -3.18. The summed E-state index contributed by atoms with van der Waals surface area (Å²) in [6, 6.07) is 12.2. The number of amides is 1. The summed E-state index contributed by atoms with van der Waals surface area (Å²) < 4.78 is 10.2. The highest BCUT2D eigenvalue weighted by Crippen LogP contribution is 2.35. The van der Waals surface area contributed by atoms with Crippen LogP contribution in [-0.4, -0.2) is 35.2 Å². The van der Waals surface area contributed by atoms with Gasteiger partial charge in [0.15, 0.2) is 11.5 Å². The number of benzene rings is 2. The molecule has 29 heavy (non-hydrogen) atoms. The van der Waals surface area contributed by atoms with Crippen molar-refractivity contribution in [2.75, 3.05) is 19.5 Å². The lowest BCUT2D eigenvalue weighted by molar-refractivity contribution is -0.385. The number of nitro benzene ring substituents is 1. The van der Waals surface area contributed by atoms with E-state index in [9.17, 15) is 14.9 Å².